The van der Waals surface area contributed by atoms with Gasteiger partial charge in [0.25, 0.3) is 0 Å². The lowest BCUT2D eigenvalue weighted by atomic mass is 10.3. The van der Waals surface area contributed by atoms with E-state index in [-0.39, 0.29) is 0 Å². The molecule has 0 aliphatic heterocycles. The second-order valence-electron chi connectivity index (χ2n) is 3.25. The van der Waals surface area contributed by atoms with Crippen molar-refractivity contribution in [1.29, 1.82) is 0 Å². The second kappa shape index (κ2) is 3.57. The number of anilines is 1. The summed E-state index contributed by atoms with van der Waals surface area (Å²) in [5, 5.41) is 7.39. The van der Waals surface area contributed by atoms with Gasteiger partial charge in [0.1, 0.15) is 11.6 Å². The lowest BCUT2D eigenvalue weighted by Crippen LogP contribution is -2.00. The molecule has 0 amide bonds. The number of furan rings is 1. The van der Waals surface area contributed by atoms with E-state index in [0.717, 1.165) is 17.1 Å². The van der Waals surface area contributed by atoms with Crippen molar-refractivity contribution in [2.45, 2.75) is 13.5 Å². The molecular formula is C10H13N3O. The SMILES string of the molecule is Cc1ccoc1CNc1ccn(C)n1. The standard InChI is InChI=1S/C10H13N3O/c1-8-4-6-14-9(8)7-11-10-3-5-13(2)12-10/h3-6H,7H2,1-2H3,(H,11,12). The lowest BCUT2D eigenvalue weighted by molar-refractivity contribution is 0.515. The van der Waals surface area contributed by atoms with E-state index in [1.54, 1.807) is 10.9 Å². The predicted octanol–water partition coefficient (Wildman–Crippen LogP) is 1.93. The van der Waals surface area contributed by atoms with Gasteiger partial charge in [0.15, 0.2) is 0 Å². The van der Waals surface area contributed by atoms with Gasteiger partial charge in [-0.3, -0.25) is 4.68 Å². The minimum atomic E-state index is 0.676. The highest BCUT2D eigenvalue weighted by Gasteiger charge is 2.02. The van der Waals surface area contributed by atoms with Crippen LogP contribution in [0.15, 0.2) is 29.0 Å². The fourth-order valence-corrected chi connectivity index (χ4v) is 1.27. The average molecular weight is 191 g/mol. The molecule has 0 spiro atoms. The maximum absolute atomic E-state index is 5.30. The fourth-order valence-electron chi connectivity index (χ4n) is 1.27. The van der Waals surface area contributed by atoms with Crippen molar-refractivity contribution in [2.75, 3.05) is 5.32 Å². The summed E-state index contributed by atoms with van der Waals surface area (Å²) in [6.45, 7) is 2.70. The van der Waals surface area contributed by atoms with Gasteiger partial charge in [0.2, 0.25) is 0 Å². The van der Waals surface area contributed by atoms with Crippen LogP contribution in [0.5, 0.6) is 0 Å². The first-order valence-corrected chi connectivity index (χ1v) is 4.52. The smallest absolute Gasteiger partial charge is 0.148 e. The minimum Gasteiger partial charge on any atom is -0.467 e. The van der Waals surface area contributed by atoms with E-state index in [1.165, 1.54) is 0 Å². The van der Waals surface area contributed by atoms with Crippen molar-refractivity contribution >= 4 is 5.82 Å². The highest BCUT2D eigenvalue weighted by atomic mass is 16.3. The molecule has 1 N–H and O–H groups in total. The van der Waals surface area contributed by atoms with E-state index in [4.69, 9.17) is 4.42 Å². The van der Waals surface area contributed by atoms with Crippen LogP contribution in [0, 0.1) is 6.92 Å². The van der Waals surface area contributed by atoms with Gasteiger partial charge >= 0.3 is 0 Å². The van der Waals surface area contributed by atoms with Gasteiger partial charge in [-0.15, -0.1) is 0 Å². The third-order valence-electron chi connectivity index (χ3n) is 2.11. The number of aromatic nitrogens is 2. The summed E-state index contributed by atoms with van der Waals surface area (Å²) in [4.78, 5) is 0. The summed E-state index contributed by atoms with van der Waals surface area (Å²) in [5.74, 6) is 1.82. The van der Waals surface area contributed by atoms with E-state index in [0.29, 0.717) is 6.54 Å². The van der Waals surface area contributed by atoms with Crippen LogP contribution in [0.2, 0.25) is 0 Å². The van der Waals surface area contributed by atoms with E-state index < -0.39 is 0 Å². The number of hydrogen-bond acceptors (Lipinski definition) is 3. The van der Waals surface area contributed by atoms with Gasteiger partial charge in [-0.1, -0.05) is 0 Å². The summed E-state index contributed by atoms with van der Waals surface area (Å²) >= 11 is 0. The third kappa shape index (κ3) is 1.79. The van der Waals surface area contributed by atoms with Crippen molar-refractivity contribution in [3.05, 3.63) is 35.9 Å². The molecule has 0 saturated carbocycles. The zero-order chi connectivity index (χ0) is 9.97. The van der Waals surface area contributed by atoms with Gasteiger partial charge in [0, 0.05) is 19.3 Å². The van der Waals surface area contributed by atoms with Crippen LogP contribution in [0.1, 0.15) is 11.3 Å². The molecule has 2 heterocycles. The summed E-state index contributed by atoms with van der Waals surface area (Å²) in [5.41, 5.74) is 1.16. The highest BCUT2D eigenvalue weighted by Crippen LogP contribution is 2.11. The Morgan fingerprint density at radius 2 is 2.36 bits per heavy atom. The number of nitrogens with zero attached hydrogens (tertiary/aromatic N) is 2. The highest BCUT2D eigenvalue weighted by molar-refractivity contribution is 5.33. The van der Waals surface area contributed by atoms with Gasteiger partial charge in [-0.25, -0.2) is 0 Å². The molecule has 0 aromatic carbocycles. The molecule has 2 aromatic rings. The van der Waals surface area contributed by atoms with Crippen molar-refractivity contribution in [2.24, 2.45) is 7.05 Å². The molecule has 0 saturated heterocycles. The third-order valence-corrected chi connectivity index (χ3v) is 2.11. The van der Waals surface area contributed by atoms with Crippen molar-refractivity contribution in [1.82, 2.24) is 9.78 Å². The Hall–Kier alpha value is -1.71. The van der Waals surface area contributed by atoms with E-state index in [1.807, 2.05) is 32.3 Å². The first-order chi connectivity index (χ1) is 6.75. The zero-order valence-electron chi connectivity index (χ0n) is 8.32. The van der Waals surface area contributed by atoms with Crippen molar-refractivity contribution in [3.8, 4) is 0 Å². The molecule has 2 rings (SSSR count). The number of hydrogen-bond donors (Lipinski definition) is 1. The van der Waals surface area contributed by atoms with Gasteiger partial charge in [-0.2, -0.15) is 5.10 Å². The molecule has 74 valence electrons. The molecule has 0 aliphatic carbocycles. The van der Waals surface area contributed by atoms with Crippen LogP contribution < -0.4 is 5.32 Å². The monoisotopic (exact) mass is 191 g/mol. The maximum Gasteiger partial charge on any atom is 0.148 e. The number of aryl methyl sites for hydroxylation is 2. The molecule has 0 unspecified atom stereocenters. The fraction of sp³-hybridized carbons (Fsp3) is 0.300. The van der Waals surface area contributed by atoms with Gasteiger partial charge in [0.05, 0.1) is 12.8 Å². The predicted molar refractivity (Wildman–Crippen MR) is 54.0 cm³/mol. The Labute approximate surface area is 82.5 Å². The molecular weight excluding hydrogens is 178 g/mol. The van der Waals surface area contributed by atoms with E-state index in [9.17, 15) is 0 Å². The summed E-state index contributed by atoms with van der Waals surface area (Å²) in [7, 11) is 1.89. The van der Waals surface area contributed by atoms with Gasteiger partial charge in [-0.05, 0) is 18.6 Å². The van der Waals surface area contributed by atoms with Crippen LogP contribution >= 0.6 is 0 Å². The Balaban J connectivity index is 1.98. The van der Waals surface area contributed by atoms with E-state index in [2.05, 4.69) is 10.4 Å². The Morgan fingerprint density at radius 3 is 2.93 bits per heavy atom. The Kier molecular flexibility index (Phi) is 2.26. The molecule has 4 heteroatoms. The zero-order valence-corrected chi connectivity index (χ0v) is 8.32. The van der Waals surface area contributed by atoms with Crippen LogP contribution in [-0.4, -0.2) is 9.78 Å². The summed E-state index contributed by atoms with van der Waals surface area (Å²) in [6, 6.07) is 3.88. The molecule has 2 aromatic heterocycles. The number of rotatable bonds is 3. The quantitative estimate of drug-likeness (QED) is 0.806. The first kappa shape index (κ1) is 8.87. The maximum atomic E-state index is 5.30. The average Bonchev–Trinajstić information content (AvgIpc) is 2.72. The number of nitrogens with one attached hydrogen (secondary N) is 1. The minimum absolute atomic E-state index is 0.676. The summed E-state index contributed by atoms with van der Waals surface area (Å²) in [6.07, 6.45) is 3.60. The largest absolute Gasteiger partial charge is 0.467 e. The molecule has 0 bridgehead atoms. The second-order valence-corrected chi connectivity index (χ2v) is 3.25. The normalized spacial score (nSPS) is 10.4. The molecule has 0 atom stereocenters. The molecule has 0 aliphatic rings. The van der Waals surface area contributed by atoms with Crippen molar-refractivity contribution < 1.29 is 4.42 Å². The van der Waals surface area contributed by atoms with Crippen LogP contribution in [0.3, 0.4) is 0 Å². The van der Waals surface area contributed by atoms with Crippen LogP contribution in [-0.2, 0) is 13.6 Å². The molecule has 0 radical (unpaired) electrons. The summed E-state index contributed by atoms with van der Waals surface area (Å²) < 4.78 is 7.06. The first-order valence-electron chi connectivity index (χ1n) is 4.52. The Morgan fingerprint density at radius 1 is 1.50 bits per heavy atom. The molecule has 4 nitrogen and oxygen atoms in total. The van der Waals surface area contributed by atoms with Gasteiger partial charge < -0.3 is 9.73 Å². The van der Waals surface area contributed by atoms with Crippen LogP contribution in [0.4, 0.5) is 5.82 Å². The molecule has 0 fully saturated rings. The molecule has 14 heavy (non-hydrogen) atoms. The van der Waals surface area contributed by atoms with Crippen molar-refractivity contribution in [3.63, 3.8) is 0 Å². The van der Waals surface area contributed by atoms with Crippen LogP contribution in [0.25, 0.3) is 0 Å². The lowest BCUT2D eigenvalue weighted by Gasteiger charge is -2.00. The van der Waals surface area contributed by atoms with E-state index >= 15 is 0 Å². The Bertz CT molecular complexity index is 416. The topological polar surface area (TPSA) is 43.0 Å².